The van der Waals surface area contributed by atoms with Gasteiger partial charge in [0, 0.05) is 24.5 Å². The number of pyridine rings is 1. The standard InChI is InChI=1S/C21H19N5O3/c1-3-25-19-17(12-23-18(24-19)14-7-9-16(29-2)10-8-14)20(27)26(21(25)28)13-15-6-4-5-11-22-15/h4-12H,3,13H2,1-2H3. The van der Waals surface area contributed by atoms with Crippen molar-refractivity contribution in [1.82, 2.24) is 24.1 Å². The molecule has 0 saturated carbocycles. The molecule has 0 spiro atoms. The van der Waals surface area contributed by atoms with E-state index in [1.54, 1.807) is 37.6 Å². The van der Waals surface area contributed by atoms with Gasteiger partial charge in [-0.3, -0.25) is 18.9 Å². The Balaban J connectivity index is 1.88. The van der Waals surface area contributed by atoms with Crippen LogP contribution in [0.1, 0.15) is 12.6 Å². The molecule has 0 fully saturated rings. The van der Waals surface area contributed by atoms with Gasteiger partial charge in [-0.1, -0.05) is 6.07 Å². The van der Waals surface area contributed by atoms with Crippen molar-refractivity contribution in [3.8, 4) is 17.1 Å². The van der Waals surface area contributed by atoms with Crippen LogP contribution in [0.25, 0.3) is 22.4 Å². The fourth-order valence-electron chi connectivity index (χ4n) is 3.16. The topological polar surface area (TPSA) is 91.9 Å². The third-order valence-electron chi connectivity index (χ3n) is 4.67. The molecule has 29 heavy (non-hydrogen) atoms. The maximum Gasteiger partial charge on any atom is 0.333 e. The Hall–Kier alpha value is -3.81. The second-order valence-corrected chi connectivity index (χ2v) is 6.40. The lowest BCUT2D eigenvalue weighted by molar-refractivity contribution is 0.415. The summed E-state index contributed by atoms with van der Waals surface area (Å²) in [4.78, 5) is 39.1. The average Bonchev–Trinajstić information content (AvgIpc) is 2.77. The van der Waals surface area contributed by atoms with E-state index in [1.807, 2.05) is 25.1 Å². The van der Waals surface area contributed by atoms with Gasteiger partial charge in [-0.25, -0.2) is 14.8 Å². The van der Waals surface area contributed by atoms with Gasteiger partial charge in [0.25, 0.3) is 5.56 Å². The first kappa shape index (κ1) is 18.5. The molecule has 4 aromatic rings. The Labute approximate surface area is 166 Å². The van der Waals surface area contributed by atoms with Crippen molar-refractivity contribution in [3.63, 3.8) is 0 Å². The van der Waals surface area contributed by atoms with Crippen LogP contribution in [0.2, 0.25) is 0 Å². The van der Waals surface area contributed by atoms with Crippen LogP contribution in [0.4, 0.5) is 0 Å². The summed E-state index contributed by atoms with van der Waals surface area (Å²) in [5, 5.41) is 0.291. The fraction of sp³-hybridized carbons (Fsp3) is 0.190. The molecule has 0 atom stereocenters. The molecule has 0 bridgehead atoms. The highest BCUT2D eigenvalue weighted by atomic mass is 16.5. The molecule has 0 aliphatic heterocycles. The molecule has 0 saturated heterocycles. The molecular weight excluding hydrogens is 370 g/mol. The van der Waals surface area contributed by atoms with Crippen molar-refractivity contribution in [1.29, 1.82) is 0 Å². The number of ether oxygens (including phenoxy) is 1. The van der Waals surface area contributed by atoms with E-state index < -0.39 is 11.2 Å². The van der Waals surface area contributed by atoms with Crippen LogP contribution in [-0.2, 0) is 13.1 Å². The Bertz CT molecular complexity index is 1280. The molecule has 0 radical (unpaired) electrons. The number of aromatic nitrogens is 5. The van der Waals surface area contributed by atoms with Gasteiger partial charge in [-0.15, -0.1) is 0 Å². The highest BCUT2D eigenvalue weighted by molar-refractivity contribution is 5.75. The number of hydrogen-bond donors (Lipinski definition) is 0. The summed E-state index contributed by atoms with van der Waals surface area (Å²) in [6, 6.07) is 12.6. The third kappa shape index (κ3) is 3.40. The van der Waals surface area contributed by atoms with E-state index in [2.05, 4.69) is 15.0 Å². The second kappa shape index (κ2) is 7.67. The summed E-state index contributed by atoms with van der Waals surface area (Å²) in [7, 11) is 1.59. The fourth-order valence-corrected chi connectivity index (χ4v) is 3.16. The van der Waals surface area contributed by atoms with Gasteiger partial charge in [-0.2, -0.15) is 0 Å². The van der Waals surface area contributed by atoms with Gasteiger partial charge in [0.05, 0.1) is 19.3 Å². The number of methoxy groups -OCH3 is 1. The van der Waals surface area contributed by atoms with E-state index in [9.17, 15) is 9.59 Å². The minimum Gasteiger partial charge on any atom is -0.497 e. The predicted molar refractivity (Wildman–Crippen MR) is 109 cm³/mol. The van der Waals surface area contributed by atoms with Crippen LogP contribution in [0.3, 0.4) is 0 Å². The van der Waals surface area contributed by atoms with E-state index in [0.717, 1.165) is 11.3 Å². The summed E-state index contributed by atoms with van der Waals surface area (Å²) in [6.07, 6.45) is 3.11. The first-order valence-corrected chi connectivity index (χ1v) is 9.17. The molecule has 0 aliphatic rings. The van der Waals surface area contributed by atoms with Crippen LogP contribution < -0.4 is 16.0 Å². The maximum atomic E-state index is 13.0. The molecule has 4 rings (SSSR count). The molecule has 0 N–H and O–H groups in total. The molecule has 0 amide bonds. The normalized spacial score (nSPS) is 11.0. The van der Waals surface area contributed by atoms with Gasteiger partial charge in [0.1, 0.15) is 11.1 Å². The number of rotatable bonds is 5. The number of nitrogens with zero attached hydrogens (tertiary/aromatic N) is 5. The minimum absolute atomic E-state index is 0.0919. The second-order valence-electron chi connectivity index (χ2n) is 6.40. The van der Waals surface area contributed by atoms with Crippen LogP contribution in [0, 0.1) is 0 Å². The highest BCUT2D eigenvalue weighted by Crippen LogP contribution is 2.20. The molecule has 0 aliphatic carbocycles. The van der Waals surface area contributed by atoms with Crippen molar-refractivity contribution < 1.29 is 4.74 Å². The van der Waals surface area contributed by atoms with Gasteiger partial charge in [0.2, 0.25) is 0 Å². The lowest BCUT2D eigenvalue weighted by Crippen LogP contribution is -2.40. The van der Waals surface area contributed by atoms with Crippen molar-refractivity contribution >= 4 is 11.0 Å². The molecular formula is C21H19N5O3. The molecule has 146 valence electrons. The van der Waals surface area contributed by atoms with Gasteiger partial charge in [-0.05, 0) is 43.3 Å². The van der Waals surface area contributed by atoms with Crippen LogP contribution in [0.15, 0.2) is 64.4 Å². The Kier molecular flexibility index (Phi) is 4.90. The predicted octanol–water partition coefficient (Wildman–Crippen LogP) is 2.09. The SMILES string of the molecule is CCn1c(=O)n(Cc2ccccn2)c(=O)c2cnc(-c3ccc(OC)cc3)nc21. The van der Waals surface area contributed by atoms with E-state index >= 15 is 0 Å². The van der Waals surface area contributed by atoms with E-state index in [-0.39, 0.29) is 6.54 Å². The zero-order valence-corrected chi connectivity index (χ0v) is 16.1. The monoisotopic (exact) mass is 389 g/mol. The van der Waals surface area contributed by atoms with Crippen LogP contribution in [-0.4, -0.2) is 31.2 Å². The summed E-state index contributed by atoms with van der Waals surface area (Å²) in [5.74, 6) is 1.15. The number of hydrogen-bond acceptors (Lipinski definition) is 6. The van der Waals surface area contributed by atoms with Crippen LogP contribution in [0.5, 0.6) is 5.75 Å². The van der Waals surface area contributed by atoms with Crippen LogP contribution >= 0.6 is 0 Å². The van der Waals surface area contributed by atoms with Gasteiger partial charge < -0.3 is 4.74 Å². The molecule has 3 heterocycles. The molecule has 8 nitrogen and oxygen atoms in total. The van der Waals surface area contributed by atoms with E-state index in [1.165, 1.54) is 15.3 Å². The van der Waals surface area contributed by atoms with Crippen molar-refractivity contribution in [2.75, 3.05) is 7.11 Å². The largest absolute Gasteiger partial charge is 0.497 e. The molecule has 1 aromatic carbocycles. The zero-order valence-electron chi connectivity index (χ0n) is 16.1. The summed E-state index contributed by atoms with van der Waals surface area (Å²) < 4.78 is 7.82. The van der Waals surface area contributed by atoms with Crippen molar-refractivity contribution in [2.45, 2.75) is 20.0 Å². The van der Waals surface area contributed by atoms with Crippen molar-refractivity contribution in [2.24, 2.45) is 0 Å². The number of fused-ring (bicyclic) bond motifs is 1. The highest BCUT2D eigenvalue weighted by Gasteiger charge is 2.16. The van der Waals surface area contributed by atoms with E-state index in [4.69, 9.17) is 4.74 Å². The Morgan fingerprint density at radius 1 is 1.00 bits per heavy atom. The quantitative estimate of drug-likeness (QED) is 0.519. The number of aryl methyl sites for hydroxylation is 1. The summed E-state index contributed by atoms with van der Waals surface area (Å²) in [5.41, 5.74) is 0.863. The maximum absolute atomic E-state index is 13.0. The van der Waals surface area contributed by atoms with Crippen molar-refractivity contribution in [3.05, 3.63) is 81.4 Å². The third-order valence-corrected chi connectivity index (χ3v) is 4.67. The smallest absolute Gasteiger partial charge is 0.333 e. The minimum atomic E-state index is -0.429. The Morgan fingerprint density at radius 3 is 2.45 bits per heavy atom. The lowest BCUT2D eigenvalue weighted by Gasteiger charge is -2.12. The number of benzene rings is 1. The lowest BCUT2D eigenvalue weighted by atomic mass is 10.2. The average molecular weight is 389 g/mol. The summed E-state index contributed by atoms with van der Waals surface area (Å²) >= 11 is 0. The molecule has 0 unspecified atom stereocenters. The van der Waals surface area contributed by atoms with Gasteiger partial charge >= 0.3 is 5.69 Å². The first-order valence-electron chi connectivity index (χ1n) is 9.17. The first-order chi connectivity index (χ1) is 14.1. The van der Waals surface area contributed by atoms with E-state index in [0.29, 0.717) is 29.1 Å². The Morgan fingerprint density at radius 2 is 1.79 bits per heavy atom. The molecule has 3 aromatic heterocycles. The zero-order chi connectivity index (χ0) is 20.4. The molecule has 8 heteroatoms. The summed E-state index contributed by atoms with van der Waals surface area (Å²) in [6.45, 7) is 2.30. The van der Waals surface area contributed by atoms with Gasteiger partial charge in [0.15, 0.2) is 11.5 Å².